The van der Waals surface area contributed by atoms with Crippen LogP contribution in [-0.2, 0) is 0 Å². The summed E-state index contributed by atoms with van der Waals surface area (Å²) in [4.78, 5) is 3.51. The van der Waals surface area contributed by atoms with E-state index >= 15 is 0 Å². The Hall–Kier alpha value is -1.51. The minimum atomic E-state index is -1.66. The Labute approximate surface area is 73.9 Å². The maximum atomic E-state index is 12.9. The summed E-state index contributed by atoms with van der Waals surface area (Å²) in [6.45, 7) is 0. The van der Waals surface area contributed by atoms with E-state index in [9.17, 15) is 9.50 Å². The smallest absolute Gasteiger partial charge is 0.172 e. The number of nitriles is 1. The maximum absolute atomic E-state index is 12.9. The third kappa shape index (κ3) is 1.99. The number of hydrogen-bond donors (Lipinski definition) is 2. The molecule has 0 saturated carbocycles. The molecule has 0 saturated heterocycles. The first-order valence-corrected chi connectivity index (χ1v) is 3.53. The van der Waals surface area contributed by atoms with E-state index in [2.05, 4.69) is 4.98 Å². The van der Waals surface area contributed by atoms with E-state index in [0.717, 1.165) is 6.07 Å². The second-order valence-electron chi connectivity index (χ2n) is 2.39. The Morgan fingerprint density at radius 3 is 2.77 bits per heavy atom. The molecule has 0 bridgehead atoms. The first kappa shape index (κ1) is 9.58. The highest BCUT2D eigenvalue weighted by atomic mass is 19.1. The molecule has 0 aliphatic rings. The quantitative estimate of drug-likeness (QED) is 0.637. The zero-order valence-electron chi connectivity index (χ0n) is 6.55. The molecule has 1 aromatic rings. The molecule has 68 valence electrons. The Kier molecular flexibility index (Phi) is 2.90. The number of aliphatic hydroxyl groups excluding tert-OH is 2. The fourth-order valence-corrected chi connectivity index (χ4v) is 0.836. The van der Waals surface area contributed by atoms with Crippen LogP contribution in [0.15, 0.2) is 18.3 Å². The van der Waals surface area contributed by atoms with Crippen molar-refractivity contribution in [2.75, 3.05) is 0 Å². The molecule has 1 rings (SSSR count). The number of pyridine rings is 1. The first-order chi connectivity index (χ1) is 6.16. The van der Waals surface area contributed by atoms with Gasteiger partial charge in [0.25, 0.3) is 0 Å². The molecule has 2 atom stereocenters. The predicted octanol–water partition coefficient (Wildman–Crippen LogP) is 0.139. The monoisotopic (exact) mass is 182 g/mol. The number of hydrogen-bond acceptors (Lipinski definition) is 4. The number of halogens is 1. The standard InChI is InChI=1S/C8H7FN2O2/c9-5-2-1-3-11-7(5)8(13)6(12)4-10/h1-3,6,8,12-13H. The van der Waals surface area contributed by atoms with Crippen LogP contribution >= 0.6 is 0 Å². The molecule has 1 aromatic heterocycles. The van der Waals surface area contributed by atoms with Crippen LogP contribution in [0.4, 0.5) is 4.39 Å². The lowest BCUT2D eigenvalue weighted by atomic mass is 10.1. The molecule has 0 aliphatic carbocycles. The fourth-order valence-electron chi connectivity index (χ4n) is 0.836. The summed E-state index contributed by atoms with van der Waals surface area (Å²) in [7, 11) is 0. The topological polar surface area (TPSA) is 77.1 Å². The highest BCUT2D eigenvalue weighted by Gasteiger charge is 2.21. The van der Waals surface area contributed by atoms with E-state index in [0.29, 0.717) is 0 Å². The molecule has 2 N–H and O–H groups in total. The van der Waals surface area contributed by atoms with Crippen LogP contribution in [0.1, 0.15) is 11.8 Å². The van der Waals surface area contributed by atoms with Gasteiger partial charge >= 0.3 is 0 Å². The van der Waals surface area contributed by atoms with Gasteiger partial charge in [0.2, 0.25) is 0 Å². The fraction of sp³-hybridized carbons (Fsp3) is 0.250. The predicted molar refractivity (Wildman–Crippen MR) is 40.8 cm³/mol. The van der Waals surface area contributed by atoms with Gasteiger partial charge in [-0.15, -0.1) is 0 Å². The van der Waals surface area contributed by atoms with E-state index < -0.39 is 18.0 Å². The Bertz CT molecular complexity index is 337. The lowest BCUT2D eigenvalue weighted by molar-refractivity contribution is 0.0471. The molecule has 13 heavy (non-hydrogen) atoms. The van der Waals surface area contributed by atoms with Crippen molar-refractivity contribution >= 4 is 0 Å². The molecule has 0 amide bonds. The van der Waals surface area contributed by atoms with Crippen LogP contribution in [-0.4, -0.2) is 21.3 Å². The molecular formula is C8H7FN2O2. The van der Waals surface area contributed by atoms with Crippen LogP contribution in [0.3, 0.4) is 0 Å². The lowest BCUT2D eigenvalue weighted by Crippen LogP contribution is -2.18. The summed E-state index contributed by atoms with van der Waals surface area (Å²) in [5.74, 6) is -0.746. The molecule has 0 spiro atoms. The second-order valence-corrected chi connectivity index (χ2v) is 2.39. The van der Waals surface area contributed by atoms with Gasteiger partial charge in [0.05, 0.1) is 6.07 Å². The number of nitrogens with zero attached hydrogens (tertiary/aromatic N) is 2. The van der Waals surface area contributed by atoms with Crippen molar-refractivity contribution in [2.24, 2.45) is 0 Å². The van der Waals surface area contributed by atoms with Crippen LogP contribution < -0.4 is 0 Å². The molecular weight excluding hydrogens is 175 g/mol. The first-order valence-electron chi connectivity index (χ1n) is 3.53. The lowest BCUT2D eigenvalue weighted by Gasteiger charge is -2.10. The van der Waals surface area contributed by atoms with Crippen LogP contribution in [0.2, 0.25) is 0 Å². The Morgan fingerprint density at radius 1 is 1.54 bits per heavy atom. The van der Waals surface area contributed by atoms with Gasteiger partial charge in [0.15, 0.2) is 6.10 Å². The Balaban J connectivity index is 2.96. The summed E-state index contributed by atoms with van der Waals surface area (Å²) in [5, 5.41) is 26.3. The second kappa shape index (κ2) is 3.94. The van der Waals surface area contributed by atoms with Crippen molar-refractivity contribution < 1.29 is 14.6 Å². The normalized spacial score (nSPS) is 14.6. The van der Waals surface area contributed by atoms with Gasteiger partial charge in [-0.25, -0.2) is 4.39 Å². The van der Waals surface area contributed by atoms with Gasteiger partial charge < -0.3 is 10.2 Å². The zero-order chi connectivity index (χ0) is 9.84. The highest BCUT2D eigenvalue weighted by Crippen LogP contribution is 2.16. The molecule has 0 aliphatic heterocycles. The van der Waals surface area contributed by atoms with E-state index in [4.69, 9.17) is 10.4 Å². The summed E-state index contributed by atoms with van der Waals surface area (Å²) in [5.41, 5.74) is -0.323. The largest absolute Gasteiger partial charge is 0.383 e. The van der Waals surface area contributed by atoms with E-state index in [-0.39, 0.29) is 5.69 Å². The van der Waals surface area contributed by atoms with Crippen molar-refractivity contribution in [1.82, 2.24) is 4.98 Å². The number of aromatic nitrogens is 1. The minimum absolute atomic E-state index is 0.323. The highest BCUT2D eigenvalue weighted by molar-refractivity contribution is 5.13. The van der Waals surface area contributed by atoms with Gasteiger partial charge in [-0.05, 0) is 12.1 Å². The zero-order valence-corrected chi connectivity index (χ0v) is 6.55. The molecule has 0 aromatic carbocycles. The number of aliphatic hydroxyl groups is 2. The third-order valence-corrected chi connectivity index (χ3v) is 1.50. The molecule has 4 nitrogen and oxygen atoms in total. The SMILES string of the molecule is N#CC(O)C(O)c1ncccc1F. The van der Waals surface area contributed by atoms with Crippen LogP contribution in [0.25, 0.3) is 0 Å². The molecule has 0 fully saturated rings. The van der Waals surface area contributed by atoms with Crippen molar-refractivity contribution in [2.45, 2.75) is 12.2 Å². The number of rotatable bonds is 2. The van der Waals surface area contributed by atoms with Crippen molar-refractivity contribution in [3.8, 4) is 6.07 Å². The van der Waals surface area contributed by atoms with Gasteiger partial charge in [0, 0.05) is 6.20 Å². The Morgan fingerprint density at radius 2 is 2.23 bits per heavy atom. The summed E-state index contributed by atoms with van der Waals surface area (Å²) < 4.78 is 12.9. The average molecular weight is 182 g/mol. The van der Waals surface area contributed by atoms with Crippen LogP contribution in [0.5, 0.6) is 0 Å². The molecule has 2 unspecified atom stereocenters. The maximum Gasteiger partial charge on any atom is 0.172 e. The van der Waals surface area contributed by atoms with Crippen molar-refractivity contribution in [1.29, 1.82) is 5.26 Å². The summed E-state index contributed by atoms with van der Waals surface area (Å²) in [6, 6.07) is 3.83. The third-order valence-electron chi connectivity index (χ3n) is 1.50. The van der Waals surface area contributed by atoms with Crippen molar-refractivity contribution in [3.63, 3.8) is 0 Å². The average Bonchev–Trinajstić information content (AvgIpc) is 2.16. The molecule has 5 heteroatoms. The van der Waals surface area contributed by atoms with Gasteiger partial charge in [0.1, 0.15) is 17.6 Å². The van der Waals surface area contributed by atoms with Crippen LogP contribution in [0, 0.1) is 17.1 Å². The van der Waals surface area contributed by atoms with Crippen molar-refractivity contribution in [3.05, 3.63) is 29.8 Å². The minimum Gasteiger partial charge on any atom is -0.383 e. The van der Waals surface area contributed by atoms with Gasteiger partial charge in [-0.2, -0.15) is 5.26 Å². The van der Waals surface area contributed by atoms with Gasteiger partial charge in [-0.1, -0.05) is 0 Å². The summed E-state index contributed by atoms with van der Waals surface area (Å²) >= 11 is 0. The molecule has 0 radical (unpaired) electrons. The van der Waals surface area contributed by atoms with E-state index in [1.165, 1.54) is 18.3 Å². The van der Waals surface area contributed by atoms with E-state index in [1.54, 1.807) is 0 Å². The van der Waals surface area contributed by atoms with Gasteiger partial charge in [-0.3, -0.25) is 4.98 Å². The van der Waals surface area contributed by atoms with E-state index in [1.807, 2.05) is 0 Å². The summed E-state index contributed by atoms with van der Waals surface area (Å²) in [6.07, 6.45) is -2.00. The molecule has 1 heterocycles.